The van der Waals surface area contributed by atoms with Crippen LogP contribution in [0.3, 0.4) is 0 Å². The van der Waals surface area contributed by atoms with Crippen molar-refractivity contribution in [3.63, 3.8) is 0 Å². The molecule has 4 nitrogen and oxygen atoms in total. The Morgan fingerprint density at radius 2 is 1.89 bits per heavy atom. The molecule has 144 valence electrons. The number of anilines is 1. The first-order valence-electron chi connectivity index (χ1n) is 9.79. The Hall–Kier alpha value is -2.40. The van der Waals surface area contributed by atoms with E-state index >= 15 is 0 Å². The molecular formula is C22H28FN3O. The van der Waals surface area contributed by atoms with E-state index in [9.17, 15) is 9.18 Å². The molecule has 27 heavy (non-hydrogen) atoms. The van der Waals surface area contributed by atoms with Crippen LogP contribution in [0.4, 0.5) is 10.1 Å². The van der Waals surface area contributed by atoms with Gasteiger partial charge >= 0.3 is 0 Å². The molecule has 1 heterocycles. The van der Waals surface area contributed by atoms with Crippen molar-refractivity contribution in [2.75, 3.05) is 24.5 Å². The first kappa shape index (κ1) is 19.4. The highest BCUT2D eigenvalue weighted by Gasteiger charge is 2.17. The predicted molar refractivity (Wildman–Crippen MR) is 107 cm³/mol. The van der Waals surface area contributed by atoms with Crippen molar-refractivity contribution in [3.8, 4) is 0 Å². The standard InChI is InChI=1S/C22H28FN3O/c1-2-11-25-22(27)18-8-5-7-17(14-18)15-24-16-19-20(23)9-6-10-21(19)26-12-3-4-13-26/h5-10,14,24H,2-4,11-13,15-16H2,1H3,(H,25,27). The second-order valence-electron chi connectivity index (χ2n) is 6.99. The highest BCUT2D eigenvalue weighted by atomic mass is 19.1. The monoisotopic (exact) mass is 369 g/mol. The fourth-order valence-corrected chi connectivity index (χ4v) is 3.47. The number of carbonyl (C=O) groups excluding carboxylic acids is 1. The maximum atomic E-state index is 14.4. The number of benzene rings is 2. The van der Waals surface area contributed by atoms with Gasteiger partial charge in [0.15, 0.2) is 0 Å². The zero-order chi connectivity index (χ0) is 19.1. The number of amides is 1. The minimum absolute atomic E-state index is 0.0517. The summed E-state index contributed by atoms with van der Waals surface area (Å²) >= 11 is 0. The van der Waals surface area contributed by atoms with Crippen LogP contribution in [0.2, 0.25) is 0 Å². The zero-order valence-electron chi connectivity index (χ0n) is 15.9. The summed E-state index contributed by atoms with van der Waals surface area (Å²) in [6.07, 6.45) is 3.24. The van der Waals surface area contributed by atoms with Crippen LogP contribution in [0.5, 0.6) is 0 Å². The fraction of sp³-hybridized carbons (Fsp3) is 0.409. The first-order valence-corrected chi connectivity index (χ1v) is 9.79. The fourth-order valence-electron chi connectivity index (χ4n) is 3.47. The molecule has 0 aromatic heterocycles. The lowest BCUT2D eigenvalue weighted by molar-refractivity contribution is 0.0953. The minimum atomic E-state index is -0.167. The zero-order valence-corrected chi connectivity index (χ0v) is 15.9. The first-order chi connectivity index (χ1) is 13.2. The van der Waals surface area contributed by atoms with Gasteiger partial charge in [-0.1, -0.05) is 25.1 Å². The Morgan fingerprint density at radius 1 is 1.11 bits per heavy atom. The van der Waals surface area contributed by atoms with Gasteiger partial charge in [-0.25, -0.2) is 4.39 Å². The van der Waals surface area contributed by atoms with Crippen LogP contribution in [0.15, 0.2) is 42.5 Å². The Balaban J connectivity index is 1.63. The number of nitrogens with zero attached hydrogens (tertiary/aromatic N) is 1. The Labute approximate surface area is 160 Å². The van der Waals surface area contributed by atoms with Crippen molar-refractivity contribution in [2.45, 2.75) is 39.3 Å². The van der Waals surface area contributed by atoms with Crippen LogP contribution < -0.4 is 15.5 Å². The van der Waals surface area contributed by atoms with Gasteiger partial charge in [-0.15, -0.1) is 0 Å². The van der Waals surface area contributed by atoms with Crippen LogP contribution in [0.25, 0.3) is 0 Å². The SMILES string of the molecule is CCCNC(=O)c1cccc(CNCc2c(F)cccc2N2CCCC2)c1. The number of carbonyl (C=O) groups is 1. The van der Waals surface area contributed by atoms with Crippen LogP contribution in [-0.4, -0.2) is 25.5 Å². The van der Waals surface area contributed by atoms with Gasteiger partial charge in [0.2, 0.25) is 0 Å². The van der Waals surface area contributed by atoms with Gasteiger partial charge in [0.1, 0.15) is 5.82 Å². The van der Waals surface area contributed by atoms with Gasteiger partial charge in [-0.2, -0.15) is 0 Å². The van der Waals surface area contributed by atoms with Crippen molar-refractivity contribution < 1.29 is 9.18 Å². The Kier molecular flexibility index (Phi) is 6.82. The van der Waals surface area contributed by atoms with Crippen molar-refractivity contribution >= 4 is 11.6 Å². The second-order valence-corrected chi connectivity index (χ2v) is 6.99. The van der Waals surface area contributed by atoms with Crippen LogP contribution in [0.1, 0.15) is 47.7 Å². The Bertz CT molecular complexity index is 772. The molecule has 1 aliphatic heterocycles. The van der Waals surface area contributed by atoms with Gasteiger partial charge < -0.3 is 15.5 Å². The molecule has 2 aromatic rings. The van der Waals surface area contributed by atoms with Crippen molar-refractivity contribution in [1.82, 2.24) is 10.6 Å². The van der Waals surface area contributed by atoms with E-state index in [1.165, 1.54) is 6.07 Å². The number of nitrogens with one attached hydrogen (secondary N) is 2. The summed E-state index contributed by atoms with van der Waals surface area (Å²) in [5.74, 6) is -0.219. The summed E-state index contributed by atoms with van der Waals surface area (Å²) in [6.45, 7) is 5.73. The number of rotatable bonds is 8. The van der Waals surface area contributed by atoms with E-state index in [1.54, 1.807) is 6.07 Å². The average molecular weight is 369 g/mol. The molecule has 0 atom stereocenters. The normalized spacial score (nSPS) is 13.8. The van der Waals surface area contributed by atoms with Crippen molar-refractivity contribution in [1.29, 1.82) is 0 Å². The van der Waals surface area contributed by atoms with Crippen molar-refractivity contribution in [3.05, 3.63) is 65.0 Å². The van der Waals surface area contributed by atoms with Gasteiger partial charge in [-0.05, 0) is 49.1 Å². The van der Waals surface area contributed by atoms with E-state index in [0.717, 1.165) is 49.2 Å². The van der Waals surface area contributed by atoms with Gasteiger partial charge in [0, 0.05) is 49.5 Å². The lowest BCUT2D eigenvalue weighted by Gasteiger charge is -2.22. The van der Waals surface area contributed by atoms with Gasteiger partial charge in [0.05, 0.1) is 0 Å². The molecule has 5 heteroatoms. The van der Waals surface area contributed by atoms with E-state index in [2.05, 4.69) is 15.5 Å². The summed E-state index contributed by atoms with van der Waals surface area (Å²) in [5, 5.41) is 6.22. The number of hydrogen-bond donors (Lipinski definition) is 2. The lowest BCUT2D eigenvalue weighted by Crippen LogP contribution is -2.24. The van der Waals surface area contributed by atoms with E-state index < -0.39 is 0 Å². The second kappa shape index (κ2) is 9.51. The topological polar surface area (TPSA) is 44.4 Å². The Morgan fingerprint density at radius 3 is 2.67 bits per heavy atom. The summed E-state index contributed by atoms with van der Waals surface area (Å²) in [4.78, 5) is 14.4. The molecule has 0 unspecified atom stereocenters. The van der Waals surface area contributed by atoms with Crippen molar-refractivity contribution in [2.24, 2.45) is 0 Å². The third-order valence-electron chi connectivity index (χ3n) is 4.90. The molecule has 0 bridgehead atoms. The molecule has 1 saturated heterocycles. The molecule has 0 saturated carbocycles. The van der Waals surface area contributed by atoms with E-state index in [1.807, 2.05) is 37.3 Å². The molecule has 1 aliphatic rings. The third-order valence-corrected chi connectivity index (χ3v) is 4.90. The van der Waals surface area contributed by atoms with Crippen LogP contribution >= 0.6 is 0 Å². The lowest BCUT2D eigenvalue weighted by atomic mass is 10.1. The molecule has 0 aliphatic carbocycles. The van der Waals surface area contributed by atoms with E-state index in [-0.39, 0.29) is 11.7 Å². The maximum absolute atomic E-state index is 14.4. The smallest absolute Gasteiger partial charge is 0.251 e. The highest BCUT2D eigenvalue weighted by Crippen LogP contribution is 2.26. The molecule has 1 fully saturated rings. The quantitative estimate of drug-likeness (QED) is 0.743. The van der Waals surface area contributed by atoms with E-state index in [0.29, 0.717) is 25.2 Å². The maximum Gasteiger partial charge on any atom is 0.251 e. The largest absolute Gasteiger partial charge is 0.371 e. The van der Waals surface area contributed by atoms with E-state index in [4.69, 9.17) is 0 Å². The molecule has 3 rings (SSSR count). The molecule has 0 radical (unpaired) electrons. The summed E-state index contributed by atoms with van der Waals surface area (Å²) in [7, 11) is 0. The number of halogens is 1. The number of hydrogen-bond acceptors (Lipinski definition) is 3. The molecule has 2 N–H and O–H groups in total. The summed E-state index contributed by atoms with van der Waals surface area (Å²) < 4.78 is 14.4. The summed E-state index contributed by atoms with van der Waals surface area (Å²) in [6, 6.07) is 12.9. The van der Waals surface area contributed by atoms with Crippen LogP contribution in [-0.2, 0) is 13.1 Å². The van der Waals surface area contributed by atoms with Crippen LogP contribution in [0, 0.1) is 5.82 Å². The molecule has 0 spiro atoms. The third kappa shape index (κ3) is 5.07. The molecule has 1 amide bonds. The van der Waals surface area contributed by atoms with Gasteiger partial charge in [-0.3, -0.25) is 4.79 Å². The minimum Gasteiger partial charge on any atom is -0.371 e. The highest BCUT2D eigenvalue weighted by molar-refractivity contribution is 5.94. The molecule has 2 aromatic carbocycles. The average Bonchev–Trinajstić information content (AvgIpc) is 3.22. The summed E-state index contributed by atoms with van der Waals surface area (Å²) in [5.41, 5.74) is 3.38. The molecular weight excluding hydrogens is 341 g/mol. The predicted octanol–water partition coefficient (Wildman–Crippen LogP) is 3.86. The van der Waals surface area contributed by atoms with Gasteiger partial charge in [0.25, 0.3) is 5.91 Å².